The van der Waals surface area contributed by atoms with Gasteiger partial charge < -0.3 is 10.4 Å². The monoisotopic (exact) mass is 364 g/mol. The maximum absolute atomic E-state index is 12.7. The molecule has 1 heterocycles. The fraction of sp³-hybridized carbons (Fsp3) is 0.143. The van der Waals surface area contributed by atoms with Crippen molar-refractivity contribution in [3.05, 3.63) is 88.7 Å². The first kappa shape index (κ1) is 16.8. The number of nitrogens with zero attached hydrogens (tertiary/aromatic N) is 1. The second-order valence-corrected chi connectivity index (χ2v) is 6.76. The Morgan fingerprint density at radius 3 is 2.62 bits per heavy atom. The van der Waals surface area contributed by atoms with Gasteiger partial charge in [-0.15, -0.1) is 0 Å². The Labute approximate surface area is 156 Å². The molecular weight excluding hydrogens is 348 g/mol. The minimum atomic E-state index is -0.633. The molecule has 0 bridgehead atoms. The van der Waals surface area contributed by atoms with Gasteiger partial charge in [0.05, 0.1) is 22.7 Å². The Morgan fingerprint density at radius 2 is 1.85 bits per heavy atom. The van der Waals surface area contributed by atoms with E-state index in [-0.39, 0.29) is 5.91 Å². The molecular formula is C21H17ClN2O2. The molecule has 0 aliphatic heterocycles. The lowest BCUT2D eigenvalue weighted by atomic mass is 10.0. The number of halogens is 1. The lowest BCUT2D eigenvalue weighted by Crippen LogP contribution is -2.34. The maximum Gasteiger partial charge on any atom is 0.253 e. The Bertz CT molecular complexity index is 959. The van der Waals surface area contributed by atoms with Gasteiger partial charge in [0.1, 0.15) is 0 Å². The second kappa shape index (κ2) is 6.90. The van der Waals surface area contributed by atoms with Gasteiger partial charge in [-0.25, -0.2) is 0 Å². The quantitative estimate of drug-likeness (QED) is 0.743. The van der Waals surface area contributed by atoms with Crippen LogP contribution in [0.2, 0.25) is 5.02 Å². The Kier molecular flexibility index (Phi) is 4.45. The number of benzene rings is 2. The fourth-order valence-electron chi connectivity index (χ4n) is 3.39. The topological polar surface area (TPSA) is 62.2 Å². The molecule has 1 amide bonds. The predicted molar refractivity (Wildman–Crippen MR) is 101 cm³/mol. The number of aliphatic hydroxyl groups is 1. The minimum Gasteiger partial charge on any atom is -0.390 e. The number of pyridine rings is 1. The van der Waals surface area contributed by atoms with Gasteiger partial charge in [0.15, 0.2) is 0 Å². The largest absolute Gasteiger partial charge is 0.390 e. The fourth-order valence-corrected chi connectivity index (χ4v) is 3.66. The zero-order valence-electron chi connectivity index (χ0n) is 13.9. The van der Waals surface area contributed by atoms with Gasteiger partial charge in [-0.3, -0.25) is 9.78 Å². The zero-order valence-corrected chi connectivity index (χ0v) is 14.6. The third-order valence-electron chi connectivity index (χ3n) is 4.72. The first-order valence-electron chi connectivity index (χ1n) is 8.40. The standard InChI is InChI=1S/C21H17ClN2O2/c22-18-11-14(13-7-9-23-10-8-13)5-6-17(18)21(26)24-20-16-4-2-1-3-15(16)12-19(20)25/h1-11,19-20,25H,12H2,(H,24,26). The van der Waals surface area contributed by atoms with Gasteiger partial charge >= 0.3 is 0 Å². The molecule has 3 aromatic rings. The van der Waals surface area contributed by atoms with Crippen LogP contribution in [0.15, 0.2) is 67.0 Å². The third-order valence-corrected chi connectivity index (χ3v) is 5.03. The number of carbonyl (C=O) groups excluding carboxylic acids is 1. The molecule has 4 nitrogen and oxygen atoms in total. The molecule has 0 saturated heterocycles. The van der Waals surface area contributed by atoms with E-state index in [9.17, 15) is 9.90 Å². The SMILES string of the molecule is O=C(NC1c2ccccc2CC1O)c1ccc(-c2ccncc2)cc1Cl. The summed E-state index contributed by atoms with van der Waals surface area (Å²) in [6.45, 7) is 0. The number of aliphatic hydroxyl groups excluding tert-OH is 1. The third kappa shape index (κ3) is 3.09. The van der Waals surface area contributed by atoms with Crippen molar-refractivity contribution in [2.45, 2.75) is 18.6 Å². The number of hydrogen-bond acceptors (Lipinski definition) is 3. The van der Waals surface area contributed by atoms with Crippen LogP contribution >= 0.6 is 11.6 Å². The minimum absolute atomic E-state index is 0.294. The van der Waals surface area contributed by atoms with Crippen LogP contribution in [-0.4, -0.2) is 22.1 Å². The van der Waals surface area contributed by atoms with E-state index < -0.39 is 12.1 Å². The summed E-state index contributed by atoms with van der Waals surface area (Å²) in [5.41, 5.74) is 4.30. The summed E-state index contributed by atoms with van der Waals surface area (Å²) in [6, 6.07) is 16.4. The van der Waals surface area contributed by atoms with Crippen LogP contribution in [0.3, 0.4) is 0 Å². The number of carbonyl (C=O) groups is 1. The summed E-state index contributed by atoms with van der Waals surface area (Å²) in [4.78, 5) is 16.7. The molecule has 2 unspecified atom stereocenters. The molecule has 26 heavy (non-hydrogen) atoms. The zero-order chi connectivity index (χ0) is 18.1. The van der Waals surface area contributed by atoms with Crippen LogP contribution in [0, 0.1) is 0 Å². The van der Waals surface area contributed by atoms with Crippen LogP contribution in [0.4, 0.5) is 0 Å². The summed E-state index contributed by atoms with van der Waals surface area (Å²) in [5, 5.41) is 13.6. The Morgan fingerprint density at radius 1 is 1.08 bits per heavy atom. The molecule has 130 valence electrons. The average Bonchev–Trinajstić information content (AvgIpc) is 2.98. The van der Waals surface area contributed by atoms with Crippen LogP contribution in [0.25, 0.3) is 11.1 Å². The molecule has 0 fully saturated rings. The number of nitrogens with one attached hydrogen (secondary N) is 1. The lowest BCUT2D eigenvalue weighted by Gasteiger charge is -2.18. The van der Waals surface area contributed by atoms with Crippen LogP contribution < -0.4 is 5.32 Å². The van der Waals surface area contributed by atoms with Crippen molar-refractivity contribution < 1.29 is 9.90 Å². The number of fused-ring (bicyclic) bond motifs is 1. The first-order valence-corrected chi connectivity index (χ1v) is 8.78. The van der Waals surface area contributed by atoms with Crippen LogP contribution in [-0.2, 0) is 6.42 Å². The van der Waals surface area contributed by atoms with Crippen LogP contribution in [0.5, 0.6) is 0 Å². The predicted octanol–water partition coefficient (Wildman–Crippen LogP) is 3.79. The number of aromatic nitrogens is 1. The van der Waals surface area contributed by atoms with E-state index in [1.807, 2.05) is 42.5 Å². The highest BCUT2D eigenvalue weighted by Crippen LogP contribution is 2.32. The molecule has 1 aliphatic carbocycles. The van der Waals surface area contributed by atoms with E-state index in [0.717, 1.165) is 22.3 Å². The average molecular weight is 365 g/mol. The molecule has 0 saturated carbocycles. The number of amides is 1. The number of hydrogen-bond donors (Lipinski definition) is 2. The van der Waals surface area contributed by atoms with E-state index in [0.29, 0.717) is 17.0 Å². The van der Waals surface area contributed by atoms with Crippen molar-refractivity contribution in [1.29, 1.82) is 0 Å². The molecule has 5 heteroatoms. The van der Waals surface area contributed by atoms with Crippen molar-refractivity contribution in [3.63, 3.8) is 0 Å². The Balaban J connectivity index is 1.58. The molecule has 0 radical (unpaired) electrons. The maximum atomic E-state index is 12.7. The van der Waals surface area contributed by atoms with E-state index in [2.05, 4.69) is 10.3 Å². The van der Waals surface area contributed by atoms with Gasteiger partial charge in [0.25, 0.3) is 5.91 Å². The molecule has 2 atom stereocenters. The van der Waals surface area contributed by atoms with Crippen molar-refractivity contribution in [2.75, 3.05) is 0 Å². The summed E-state index contributed by atoms with van der Waals surface area (Å²) in [6.07, 6.45) is 3.33. The highest BCUT2D eigenvalue weighted by molar-refractivity contribution is 6.34. The highest BCUT2D eigenvalue weighted by atomic mass is 35.5. The van der Waals surface area contributed by atoms with Crippen LogP contribution in [0.1, 0.15) is 27.5 Å². The number of rotatable bonds is 3. The molecule has 4 rings (SSSR count). The van der Waals surface area contributed by atoms with Crippen molar-refractivity contribution in [2.24, 2.45) is 0 Å². The summed E-state index contributed by atoms with van der Waals surface area (Å²) in [5.74, 6) is -0.294. The van der Waals surface area contributed by atoms with E-state index >= 15 is 0 Å². The van der Waals surface area contributed by atoms with Crippen molar-refractivity contribution >= 4 is 17.5 Å². The van der Waals surface area contributed by atoms with E-state index in [4.69, 9.17) is 11.6 Å². The molecule has 2 N–H and O–H groups in total. The first-order chi connectivity index (χ1) is 12.6. The molecule has 2 aromatic carbocycles. The summed E-state index contributed by atoms with van der Waals surface area (Å²) < 4.78 is 0. The molecule has 1 aliphatic rings. The van der Waals surface area contributed by atoms with Gasteiger partial charge in [0, 0.05) is 18.8 Å². The van der Waals surface area contributed by atoms with Gasteiger partial charge in [-0.05, 0) is 46.5 Å². The summed E-state index contributed by atoms with van der Waals surface area (Å²) >= 11 is 6.36. The smallest absolute Gasteiger partial charge is 0.253 e. The van der Waals surface area contributed by atoms with Crippen molar-refractivity contribution in [1.82, 2.24) is 10.3 Å². The second-order valence-electron chi connectivity index (χ2n) is 6.35. The normalized spacial score (nSPS) is 18.4. The van der Waals surface area contributed by atoms with Gasteiger partial charge in [0.2, 0.25) is 0 Å². The van der Waals surface area contributed by atoms with Gasteiger partial charge in [-0.2, -0.15) is 0 Å². The van der Waals surface area contributed by atoms with Gasteiger partial charge in [-0.1, -0.05) is 41.9 Å². The summed E-state index contributed by atoms with van der Waals surface area (Å²) in [7, 11) is 0. The van der Waals surface area contributed by atoms with Crippen molar-refractivity contribution in [3.8, 4) is 11.1 Å². The molecule has 0 spiro atoms. The lowest BCUT2D eigenvalue weighted by molar-refractivity contribution is 0.0858. The molecule has 1 aromatic heterocycles. The highest BCUT2D eigenvalue weighted by Gasteiger charge is 2.32. The van der Waals surface area contributed by atoms with E-state index in [1.165, 1.54) is 0 Å². The Hall–Kier alpha value is -2.69. The van der Waals surface area contributed by atoms with E-state index in [1.54, 1.807) is 24.5 Å².